The van der Waals surface area contributed by atoms with Crippen molar-refractivity contribution in [1.29, 1.82) is 0 Å². The van der Waals surface area contributed by atoms with Gasteiger partial charge in [0.05, 0.1) is 18.2 Å². The number of rotatable bonds is 4. The van der Waals surface area contributed by atoms with Crippen LogP contribution in [0, 0.1) is 5.92 Å². The van der Waals surface area contributed by atoms with Crippen LogP contribution in [0.3, 0.4) is 0 Å². The summed E-state index contributed by atoms with van der Waals surface area (Å²) in [6.07, 6.45) is 1.38. The average molecular weight is 343 g/mol. The van der Waals surface area contributed by atoms with E-state index >= 15 is 0 Å². The highest BCUT2D eigenvalue weighted by molar-refractivity contribution is 7.10. The first-order valence-electron chi connectivity index (χ1n) is 7.96. The Hall–Kier alpha value is -0.620. The molecule has 122 valence electrons. The second-order valence-electron chi connectivity index (χ2n) is 6.22. The number of amides is 1. The van der Waals surface area contributed by atoms with Crippen molar-refractivity contribution in [3.05, 3.63) is 21.3 Å². The van der Waals surface area contributed by atoms with E-state index in [9.17, 15) is 4.79 Å². The number of hydrogen-bond donors (Lipinski definition) is 0. The zero-order valence-electron chi connectivity index (χ0n) is 13.0. The Morgan fingerprint density at radius 1 is 1.41 bits per heavy atom. The minimum absolute atomic E-state index is 0.270. The zero-order valence-corrected chi connectivity index (χ0v) is 14.5. The van der Waals surface area contributed by atoms with Crippen LogP contribution in [0.15, 0.2) is 11.4 Å². The quantitative estimate of drug-likeness (QED) is 0.843. The number of thiophene rings is 1. The van der Waals surface area contributed by atoms with Gasteiger partial charge in [-0.1, -0.05) is 18.5 Å². The maximum absolute atomic E-state index is 12.5. The molecule has 0 bridgehead atoms. The van der Waals surface area contributed by atoms with Crippen molar-refractivity contribution < 1.29 is 9.53 Å². The molecule has 0 radical (unpaired) electrons. The van der Waals surface area contributed by atoms with Crippen molar-refractivity contribution in [1.82, 2.24) is 9.80 Å². The van der Waals surface area contributed by atoms with Gasteiger partial charge in [0, 0.05) is 48.9 Å². The molecule has 22 heavy (non-hydrogen) atoms. The zero-order chi connectivity index (χ0) is 15.5. The molecule has 3 heterocycles. The molecule has 2 aliphatic heterocycles. The summed E-state index contributed by atoms with van der Waals surface area (Å²) in [5.74, 6) is 0.811. The molecular weight excluding hydrogens is 320 g/mol. The van der Waals surface area contributed by atoms with Crippen LogP contribution in [0.4, 0.5) is 0 Å². The Morgan fingerprint density at radius 2 is 2.18 bits per heavy atom. The van der Waals surface area contributed by atoms with Crippen molar-refractivity contribution in [3.63, 3.8) is 0 Å². The van der Waals surface area contributed by atoms with E-state index in [0.717, 1.165) is 50.8 Å². The molecular formula is C16H23ClN2O2S. The van der Waals surface area contributed by atoms with Crippen molar-refractivity contribution >= 4 is 28.8 Å². The van der Waals surface area contributed by atoms with Gasteiger partial charge in [0.1, 0.15) is 0 Å². The van der Waals surface area contributed by atoms with E-state index in [4.69, 9.17) is 16.3 Å². The average Bonchev–Trinajstić information content (AvgIpc) is 3.12. The summed E-state index contributed by atoms with van der Waals surface area (Å²) >= 11 is 7.56. The summed E-state index contributed by atoms with van der Waals surface area (Å²) in [4.78, 5) is 18.2. The van der Waals surface area contributed by atoms with E-state index in [2.05, 4.69) is 11.8 Å². The Kier molecular flexibility index (Phi) is 5.39. The van der Waals surface area contributed by atoms with Gasteiger partial charge < -0.3 is 9.64 Å². The number of hydrogen-bond acceptors (Lipinski definition) is 4. The lowest BCUT2D eigenvalue weighted by atomic mass is 10.0. The van der Waals surface area contributed by atoms with E-state index in [1.54, 1.807) is 11.3 Å². The van der Waals surface area contributed by atoms with Crippen LogP contribution in [-0.4, -0.2) is 61.1 Å². The van der Waals surface area contributed by atoms with Gasteiger partial charge in [0.2, 0.25) is 5.91 Å². The summed E-state index contributed by atoms with van der Waals surface area (Å²) in [6, 6.07) is 2.45. The molecule has 4 nitrogen and oxygen atoms in total. The van der Waals surface area contributed by atoms with E-state index in [1.165, 1.54) is 4.88 Å². The monoisotopic (exact) mass is 342 g/mol. The Morgan fingerprint density at radius 3 is 2.86 bits per heavy atom. The highest BCUT2D eigenvalue weighted by atomic mass is 35.5. The van der Waals surface area contributed by atoms with E-state index in [1.807, 2.05) is 16.3 Å². The smallest absolute Gasteiger partial charge is 0.222 e. The third-order valence-corrected chi connectivity index (χ3v) is 5.99. The largest absolute Gasteiger partial charge is 0.379 e. The molecule has 0 saturated carbocycles. The fourth-order valence-electron chi connectivity index (χ4n) is 3.41. The van der Waals surface area contributed by atoms with E-state index in [0.29, 0.717) is 18.4 Å². The van der Waals surface area contributed by atoms with Gasteiger partial charge in [-0.15, -0.1) is 11.3 Å². The van der Waals surface area contributed by atoms with Crippen LogP contribution in [0.5, 0.6) is 0 Å². The van der Waals surface area contributed by atoms with Crippen LogP contribution < -0.4 is 0 Å². The molecule has 1 aromatic heterocycles. The second-order valence-corrected chi connectivity index (χ2v) is 7.66. The molecule has 3 rings (SSSR count). The fourth-order valence-corrected chi connectivity index (χ4v) is 4.49. The maximum Gasteiger partial charge on any atom is 0.222 e. The Balaban J connectivity index is 1.51. The number of ether oxygens (including phenoxy) is 1. The normalized spacial score (nSPS) is 26.5. The Bertz CT molecular complexity index is 516. The number of likely N-dealkylation sites (tertiary alicyclic amines) is 1. The Labute approximate surface area is 141 Å². The first-order chi connectivity index (χ1) is 10.6. The van der Waals surface area contributed by atoms with Gasteiger partial charge >= 0.3 is 0 Å². The highest BCUT2D eigenvalue weighted by Gasteiger charge is 2.36. The van der Waals surface area contributed by atoms with Gasteiger partial charge in [-0.2, -0.15) is 0 Å². The number of aryl methyl sites for hydroxylation is 1. The van der Waals surface area contributed by atoms with Gasteiger partial charge in [-0.25, -0.2) is 0 Å². The summed E-state index contributed by atoms with van der Waals surface area (Å²) in [5.41, 5.74) is 0. The number of halogens is 1. The van der Waals surface area contributed by atoms with Gasteiger partial charge in [-0.3, -0.25) is 9.69 Å². The highest BCUT2D eigenvalue weighted by Crippen LogP contribution is 2.25. The molecule has 2 saturated heterocycles. The van der Waals surface area contributed by atoms with Gasteiger partial charge in [0.25, 0.3) is 0 Å². The number of carbonyl (C=O) groups is 1. The minimum Gasteiger partial charge on any atom is -0.379 e. The third-order valence-electron chi connectivity index (χ3n) is 4.65. The molecule has 1 amide bonds. The lowest BCUT2D eigenvalue weighted by molar-refractivity contribution is -0.130. The van der Waals surface area contributed by atoms with Crippen molar-refractivity contribution in [2.75, 3.05) is 39.4 Å². The van der Waals surface area contributed by atoms with Crippen LogP contribution in [0.2, 0.25) is 5.02 Å². The topological polar surface area (TPSA) is 32.8 Å². The standard InChI is InChI=1S/C16H23ClN2O2S/c1-12-9-19(10-15(12)18-4-6-21-7-5-18)16(20)3-2-14-8-13(17)11-22-14/h8,11-12,15H,2-7,9-10H2,1H3/t12-,15+/m1/s1. The SMILES string of the molecule is C[C@@H]1CN(C(=O)CCc2cc(Cl)cs2)C[C@@H]1N1CCOCC1. The second kappa shape index (κ2) is 7.30. The molecule has 6 heteroatoms. The predicted octanol–water partition coefficient (Wildman–Crippen LogP) is 2.51. The molecule has 0 aliphatic carbocycles. The minimum atomic E-state index is 0.270. The first-order valence-corrected chi connectivity index (χ1v) is 9.21. The fraction of sp³-hybridized carbons (Fsp3) is 0.688. The van der Waals surface area contributed by atoms with Crippen molar-refractivity contribution in [3.8, 4) is 0 Å². The number of carbonyl (C=O) groups excluding carboxylic acids is 1. The molecule has 0 aromatic carbocycles. The molecule has 2 atom stereocenters. The maximum atomic E-state index is 12.5. The summed E-state index contributed by atoms with van der Waals surface area (Å²) < 4.78 is 5.43. The lowest BCUT2D eigenvalue weighted by Crippen LogP contribution is -2.47. The van der Waals surface area contributed by atoms with Crippen LogP contribution in [-0.2, 0) is 16.0 Å². The molecule has 0 spiro atoms. The van der Waals surface area contributed by atoms with Crippen LogP contribution in [0.25, 0.3) is 0 Å². The molecule has 0 N–H and O–H groups in total. The first kappa shape index (κ1) is 16.2. The molecule has 2 aliphatic rings. The van der Waals surface area contributed by atoms with Crippen LogP contribution >= 0.6 is 22.9 Å². The van der Waals surface area contributed by atoms with Gasteiger partial charge in [-0.05, 0) is 18.4 Å². The van der Waals surface area contributed by atoms with E-state index < -0.39 is 0 Å². The summed E-state index contributed by atoms with van der Waals surface area (Å²) in [5, 5.41) is 2.70. The van der Waals surface area contributed by atoms with Crippen molar-refractivity contribution in [2.24, 2.45) is 5.92 Å². The number of nitrogens with zero attached hydrogens (tertiary/aromatic N) is 2. The predicted molar refractivity (Wildman–Crippen MR) is 89.6 cm³/mol. The summed E-state index contributed by atoms with van der Waals surface area (Å²) in [6.45, 7) is 7.62. The lowest BCUT2D eigenvalue weighted by Gasteiger charge is -2.34. The molecule has 0 unspecified atom stereocenters. The third kappa shape index (κ3) is 3.82. The van der Waals surface area contributed by atoms with E-state index in [-0.39, 0.29) is 5.91 Å². The molecule has 1 aromatic rings. The number of morpholine rings is 1. The van der Waals surface area contributed by atoms with Crippen molar-refractivity contribution in [2.45, 2.75) is 25.8 Å². The molecule has 2 fully saturated rings. The summed E-state index contributed by atoms with van der Waals surface area (Å²) in [7, 11) is 0. The van der Waals surface area contributed by atoms with Gasteiger partial charge in [0.15, 0.2) is 0 Å². The van der Waals surface area contributed by atoms with Crippen LogP contribution in [0.1, 0.15) is 18.2 Å².